The smallest absolute Gasteiger partial charge is 0.332 e. The second-order valence-electron chi connectivity index (χ2n) is 8.04. The van der Waals surface area contributed by atoms with Crippen LogP contribution in [-0.4, -0.2) is 24.6 Å². The van der Waals surface area contributed by atoms with E-state index >= 15 is 0 Å². The first-order valence-electron chi connectivity index (χ1n) is 10.2. The van der Waals surface area contributed by atoms with E-state index in [1.54, 1.807) is 18.7 Å². The lowest BCUT2D eigenvalue weighted by molar-refractivity contribution is -0.122. The molecule has 1 aromatic carbocycles. The zero-order valence-electron chi connectivity index (χ0n) is 18.2. The Hall–Kier alpha value is -3.16. The Morgan fingerprint density at radius 1 is 1.13 bits per heavy atom. The van der Waals surface area contributed by atoms with Crippen molar-refractivity contribution in [3.05, 3.63) is 62.6 Å². The molecule has 0 aliphatic heterocycles. The molecule has 0 aliphatic carbocycles. The second-order valence-corrected chi connectivity index (χ2v) is 8.04. The lowest BCUT2D eigenvalue weighted by Gasteiger charge is -2.23. The summed E-state index contributed by atoms with van der Waals surface area (Å²) in [5, 5.41) is 2.99. The lowest BCUT2D eigenvalue weighted by Crippen LogP contribution is -2.44. The third-order valence-corrected chi connectivity index (χ3v) is 5.36. The van der Waals surface area contributed by atoms with Crippen molar-refractivity contribution < 1.29 is 4.79 Å². The molecule has 0 fully saturated rings. The minimum absolute atomic E-state index is 0.144. The predicted octanol–water partition coefficient (Wildman–Crippen LogP) is 1.90. The van der Waals surface area contributed by atoms with Crippen molar-refractivity contribution in [1.82, 2.24) is 24.0 Å². The van der Waals surface area contributed by atoms with Crippen molar-refractivity contribution in [1.29, 1.82) is 0 Å². The molecule has 2 aromatic heterocycles. The number of amides is 1. The van der Waals surface area contributed by atoms with E-state index in [-0.39, 0.29) is 29.9 Å². The lowest BCUT2D eigenvalue weighted by atomic mass is 9.94. The number of nitrogens with one attached hydrogen (secondary N) is 1. The highest BCUT2D eigenvalue weighted by Gasteiger charge is 2.21. The summed E-state index contributed by atoms with van der Waals surface area (Å²) in [6, 6.07) is 8.01. The molecule has 1 amide bonds. The Kier molecular flexibility index (Phi) is 6.24. The Morgan fingerprint density at radius 3 is 2.40 bits per heavy atom. The predicted molar refractivity (Wildman–Crippen MR) is 116 cm³/mol. The van der Waals surface area contributed by atoms with Crippen molar-refractivity contribution in [2.24, 2.45) is 20.0 Å². The van der Waals surface area contributed by atoms with Crippen LogP contribution in [0.3, 0.4) is 0 Å². The van der Waals surface area contributed by atoms with Crippen LogP contribution in [0.25, 0.3) is 11.2 Å². The van der Waals surface area contributed by atoms with Gasteiger partial charge in [0.2, 0.25) is 5.91 Å². The molecule has 1 N–H and O–H groups in total. The summed E-state index contributed by atoms with van der Waals surface area (Å²) in [6.07, 6.45) is 3.57. The number of hydrogen-bond acceptors (Lipinski definition) is 4. The molecule has 0 spiro atoms. The summed E-state index contributed by atoms with van der Waals surface area (Å²) in [6.45, 7) is 5.85. The zero-order valence-corrected chi connectivity index (χ0v) is 18.2. The number of benzene rings is 1. The van der Waals surface area contributed by atoms with Crippen LogP contribution in [0.4, 0.5) is 0 Å². The standard InChI is InChI=1S/C22H29N5O3/c1-6-7-15-8-10-16(11-9-15)18(14(2)3)24-17(28)12-27-21(29)19-20(23-13-25(19)4)26(5)22(27)30/h8-11,13-14,18H,6-7,12H2,1-5H3,(H,24,28)/t18-/m0/s1. The number of imidazole rings is 1. The average Bonchev–Trinajstić information content (AvgIpc) is 3.10. The number of nitrogens with zero attached hydrogens (tertiary/aromatic N) is 4. The second kappa shape index (κ2) is 8.69. The van der Waals surface area contributed by atoms with Gasteiger partial charge in [0.25, 0.3) is 5.56 Å². The summed E-state index contributed by atoms with van der Waals surface area (Å²) < 4.78 is 3.80. The van der Waals surface area contributed by atoms with E-state index in [1.165, 1.54) is 16.5 Å². The molecule has 8 nitrogen and oxygen atoms in total. The number of carbonyl (C=O) groups is 1. The van der Waals surface area contributed by atoms with Gasteiger partial charge in [-0.05, 0) is 23.5 Å². The van der Waals surface area contributed by atoms with Crippen LogP contribution in [0.5, 0.6) is 0 Å². The molecule has 0 saturated heterocycles. The Bertz CT molecular complexity index is 1170. The monoisotopic (exact) mass is 411 g/mol. The largest absolute Gasteiger partial charge is 0.347 e. The van der Waals surface area contributed by atoms with Gasteiger partial charge in [0.15, 0.2) is 11.2 Å². The highest BCUT2D eigenvalue weighted by molar-refractivity contribution is 5.77. The van der Waals surface area contributed by atoms with Gasteiger partial charge >= 0.3 is 5.69 Å². The van der Waals surface area contributed by atoms with Crippen LogP contribution in [0, 0.1) is 5.92 Å². The van der Waals surface area contributed by atoms with Gasteiger partial charge in [-0.25, -0.2) is 14.3 Å². The third-order valence-electron chi connectivity index (χ3n) is 5.36. The van der Waals surface area contributed by atoms with Crippen molar-refractivity contribution in [3.8, 4) is 0 Å². The molecule has 0 saturated carbocycles. The summed E-state index contributed by atoms with van der Waals surface area (Å²) in [5.41, 5.74) is 1.77. The van der Waals surface area contributed by atoms with E-state index in [0.29, 0.717) is 5.65 Å². The molecule has 0 radical (unpaired) electrons. The topological polar surface area (TPSA) is 90.9 Å². The van der Waals surface area contributed by atoms with Crippen LogP contribution in [0.2, 0.25) is 0 Å². The molecule has 30 heavy (non-hydrogen) atoms. The first-order valence-corrected chi connectivity index (χ1v) is 10.2. The highest BCUT2D eigenvalue weighted by atomic mass is 16.2. The van der Waals surface area contributed by atoms with Crippen molar-refractivity contribution in [3.63, 3.8) is 0 Å². The number of carbonyl (C=O) groups excluding carboxylic acids is 1. The van der Waals surface area contributed by atoms with Gasteiger partial charge in [-0.2, -0.15) is 0 Å². The summed E-state index contributed by atoms with van der Waals surface area (Å²) >= 11 is 0. The first kappa shape index (κ1) is 21.5. The molecule has 0 aliphatic rings. The average molecular weight is 412 g/mol. The number of rotatable bonds is 7. The van der Waals surface area contributed by atoms with Crippen LogP contribution >= 0.6 is 0 Å². The highest BCUT2D eigenvalue weighted by Crippen LogP contribution is 2.22. The van der Waals surface area contributed by atoms with Crippen LogP contribution in [0.15, 0.2) is 40.2 Å². The molecule has 1 atom stereocenters. The maximum absolute atomic E-state index is 12.8. The first-order chi connectivity index (χ1) is 14.2. The molecule has 160 valence electrons. The number of aromatic nitrogens is 4. The summed E-state index contributed by atoms with van der Waals surface area (Å²) in [4.78, 5) is 42.4. The molecular formula is C22H29N5O3. The van der Waals surface area contributed by atoms with Gasteiger partial charge in [0.1, 0.15) is 6.54 Å². The van der Waals surface area contributed by atoms with Gasteiger partial charge in [0, 0.05) is 14.1 Å². The minimum atomic E-state index is -0.564. The van der Waals surface area contributed by atoms with Crippen molar-refractivity contribution in [2.75, 3.05) is 0 Å². The molecule has 0 unspecified atom stereocenters. The van der Waals surface area contributed by atoms with Gasteiger partial charge < -0.3 is 9.88 Å². The van der Waals surface area contributed by atoms with Crippen LogP contribution in [0.1, 0.15) is 44.4 Å². The van der Waals surface area contributed by atoms with Gasteiger partial charge in [-0.15, -0.1) is 0 Å². The Labute approximate surface area is 175 Å². The van der Waals surface area contributed by atoms with E-state index in [4.69, 9.17) is 0 Å². The van der Waals surface area contributed by atoms with E-state index in [1.807, 2.05) is 26.0 Å². The normalized spacial score (nSPS) is 12.5. The maximum Gasteiger partial charge on any atom is 0.332 e. The van der Waals surface area contributed by atoms with Crippen LogP contribution in [-0.2, 0) is 31.9 Å². The quantitative estimate of drug-likeness (QED) is 0.643. The third kappa shape index (κ3) is 4.08. The Morgan fingerprint density at radius 2 is 1.80 bits per heavy atom. The van der Waals surface area contributed by atoms with Crippen LogP contribution < -0.4 is 16.6 Å². The van der Waals surface area contributed by atoms with Gasteiger partial charge in [-0.1, -0.05) is 51.5 Å². The minimum Gasteiger partial charge on any atom is -0.347 e. The fourth-order valence-electron chi connectivity index (χ4n) is 3.71. The van der Waals surface area contributed by atoms with E-state index in [0.717, 1.165) is 23.0 Å². The van der Waals surface area contributed by atoms with Gasteiger partial charge in [-0.3, -0.25) is 14.2 Å². The zero-order chi connectivity index (χ0) is 22.0. The van der Waals surface area contributed by atoms with E-state index in [9.17, 15) is 14.4 Å². The summed E-state index contributed by atoms with van der Waals surface area (Å²) in [5.74, 6) is -0.239. The molecule has 0 bridgehead atoms. The van der Waals surface area contributed by atoms with E-state index in [2.05, 4.69) is 29.4 Å². The maximum atomic E-state index is 12.8. The molecule has 2 heterocycles. The fourth-order valence-corrected chi connectivity index (χ4v) is 3.71. The molecular weight excluding hydrogens is 382 g/mol. The Balaban J connectivity index is 1.87. The number of hydrogen-bond donors (Lipinski definition) is 1. The molecule has 3 aromatic rings. The molecule has 3 rings (SSSR count). The number of aryl methyl sites for hydroxylation is 3. The number of fused-ring (bicyclic) bond motifs is 1. The van der Waals surface area contributed by atoms with E-state index < -0.39 is 11.2 Å². The van der Waals surface area contributed by atoms with Crippen molar-refractivity contribution in [2.45, 2.75) is 46.2 Å². The van der Waals surface area contributed by atoms with Crippen molar-refractivity contribution >= 4 is 17.1 Å². The van der Waals surface area contributed by atoms with Gasteiger partial charge in [0.05, 0.1) is 12.4 Å². The fraction of sp³-hybridized carbons (Fsp3) is 0.455. The summed E-state index contributed by atoms with van der Waals surface area (Å²) in [7, 11) is 3.23. The molecule has 8 heteroatoms. The SMILES string of the molecule is CCCc1ccc([C@@H](NC(=O)Cn2c(=O)c3c(ncn3C)n(C)c2=O)C(C)C)cc1.